The van der Waals surface area contributed by atoms with Crippen molar-refractivity contribution in [3.63, 3.8) is 0 Å². The molecule has 0 radical (unpaired) electrons. The third kappa shape index (κ3) is 5.16. The van der Waals surface area contributed by atoms with Gasteiger partial charge in [-0.05, 0) is 102 Å². The first-order valence-corrected chi connectivity index (χ1v) is 18.9. The molecule has 9 aromatic rings. The van der Waals surface area contributed by atoms with Gasteiger partial charge >= 0.3 is 0 Å². The van der Waals surface area contributed by atoms with Crippen LogP contribution in [0.5, 0.6) is 0 Å². The van der Waals surface area contributed by atoms with Gasteiger partial charge in [-0.1, -0.05) is 184 Å². The SMILES string of the molecule is CC1(C)c2cc(N(c3cccc(-c4ccc5ccccc5c4-c4ccccc4)c3)c3cccc4ccccc34)ccc2-c2c(-c3ccccc3)cccc21. The molecule has 10 rings (SSSR count). The van der Waals surface area contributed by atoms with E-state index < -0.39 is 0 Å². The van der Waals surface area contributed by atoms with Crippen molar-refractivity contribution in [1.29, 1.82) is 0 Å². The summed E-state index contributed by atoms with van der Waals surface area (Å²) in [5.74, 6) is 0. The minimum atomic E-state index is -0.173. The molecule has 0 N–H and O–H groups in total. The zero-order valence-corrected chi connectivity index (χ0v) is 30.5. The van der Waals surface area contributed by atoms with Crippen LogP contribution in [0.25, 0.3) is 66.1 Å². The zero-order valence-electron chi connectivity index (χ0n) is 30.5. The molecule has 0 saturated heterocycles. The van der Waals surface area contributed by atoms with Crippen molar-refractivity contribution in [2.45, 2.75) is 19.3 Å². The fraction of sp³-hybridized carbons (Fsp3) is 0.0566. The van der Waals surface area contributed by atoms with Crippen LogP contribution in [0.2, 0.25) is 0 Å². The summed E-state index contributed by atoms with van der Waals surface area (Å²) in [4.78, 5) is 2.46. The van der Waals surface area contributed by atoms with Crippen LogP contribution in [-0.4, -0.2) is 0 Å². The topological polar surface area (TPSA) is 3.24 Å². The fourth-order valence-corrected chi connectivity index (χ4v) is 8.84. The van der Waals surface area contributed by atoms with Crippen LogP contribution in [0, 0.1) is 0 Å². The van der Waals surface area contributed by atoms with Crippen LogP contribution in [0.3, 0.4) is 0 Å². The molecule has 0 heterocycles. The highest BCUT2D eigenvalue weighted by molar-refractivity contribution is 6.05. The normalized spacial score (nSPS) is 12.8. The Morgan fingerprint density at radius 2 is 0.926 bits per heavy atom. The van der Waals surface area contributed by atoms with Crippen molar-refractivity contribution in [2.75, 3.05) is 4.90 Å². The Kier molecular flexibility index (Phi) is 7.56. The molecule has 0 unspecified atom stereocenters. The lowest BCUT2D eigenvalue weighted by atomic mass is 9.81. The van der Waals surface area contributed by atoms with Crippen LogP contribution < -0.4 is 4.90 Å². The second-order valence-corrected chi connectivity index (χ2v) is 14.9. The van der Waals surface area contributed by atoms with Crippen LogP contribution >= 0.6 is 0 Å². The van der Waals surface area contributed by atoms with E-state index in [4.69, 9.17) is 0 Å². The molecule has 0 aliphatic heterocycles. The molecule has 256 valence electrons. The summed E-state index contributed by atoms with van der Waals surface area (Å²) < 4.78 is 0. The Morgan fingerprint density at radius 1 is 0.352 bits per heavy atom. The van der Waals surface area contributed by atoms with Gasteiger partial charge in [0.15, 0.2) is 0 Å². The van der Waals surface area contributed by atoms with E-state index in [-0.39, 0.29) is 5.41 Å². The molecule has 1 aliphatic carbocycles. The molecular weight excluding hydrogens is 651 g/mol. The monoisotopic (exact) mass is 689 g/mol. The smallest absolute Gasteiger partial charge is 0.0540 e. The summed E-state index contributed by atoms with van der Waals surface area (Å²) in [7, 11) is 0. The third-order valence-corrected chi connectivity index (χ3v) is 11.4. The molecule has 0 bridgehead atoms. The number of nitrogens with zero attached hydrogens (tertiary/aromatic N) is 1. The quantitative estimate of drug-likeness (QED) is 0.168. The van der Waals surface area contributed by atoms with Crippen molar-refractivity contribution < 1.29 is 0 Å². The lowest BCUT2D eigenvalue weighted by Crippen LogP contribution is -2.16. The van der Waals surface area contributed by atoms with Gasteiger partial charge in [0, 0.05) is 22.2 Å². The molecular formula is C53H39N. The predicted molar refractivity (Wildman–Crippen MR) is 230 cm³/mol. The van der Waals surface area contributed by atoms with Gasteiger partial charge in [0.05, 0.1) is 5.69 Å². The second kappa shape index (κ2) is 12.8. The molecule has 54 heavy (non-hydrogen) atoms. The highest BCUT2D eigenvalue weighted by atomic mass is 15.1. The molecule has 0 amide bonds. The molecule has 1 heteroatoms. The summed E-state index contributed by atoms with van der Waals surface area (Å²) in [6.45, 7) is 4.76. The highest BCUT2D eigenvalue weighted by Gasteiger charge is 2.37. The van der Waals surface area contributed by atoms with E-state index in [9.17, 15) is 0 Å². The Hall–Kier alpha value is -6.70. The molecule has 0 atom stereocenters. The lowest BCUT2D eigenvalue weighted by molar-refractivity contribution is 0.660. The number of benzene rings is 9. The van der Waals surface area contributed by atoms with Crippen molar-refractivity contribution in [3.8, 4) is 44.5 Å². The van der Waals surface area contributed by atoms with Crippen molar-refractivity contribution in [1.82, 2.24) is 0 Å². The van der Waals surface area contributed by atoms with Crippen molar-refractivity contribution in [2.24, 2.45) is 0 Å². The number of hydrogen-bond donors (Lipinski definition) is 0. The molecule has 9 aromatic carbocycles. The standard InChI is InChI=1S/C53H39N/c1-53(2)48-28-15-27-45(37-16-5-3-6-17-37)52(48)47-33-31-42(35-49(47)53)54(50-29-14-22-36-18-9-11-25-43(36)50)41-24-13-23-40(34-41)46-32-30-38-19-10-12-26-44(38)51(46)39-20-7-4-8-21-39/h3-35H,1-2H3. The van der Waals surface area contributed by atoms with E-state index in [1.807, 2.05) is 0 Å². The van der Waals surface area contributed by atoms with E-state index in [1.54, 1.807) is 0 Å². The Morgan fingerprint density at radius 3 is 1.72 bits per heavy atom. The van der Waals surface area contributed by atoms with E-state index in [0.29, 0.717) is 0 Å². The average molecular weight is 690 g/mol. The number of anilines is 3. The zero-order chi connectivity index (χ0) is 36.2. The Balaban J connectivity index is 1.19. The fourth-order valence-electron chi connectivity index (χ4n) is 8.84. The maximum absolute atomic E-state index is 2.46. The van der Waals surface area contributed by atoms with Gasteiger partial charge < -0.3 is 4.90 Å². The van der Waals surface area contributed by atoms with E-state index in [2.05, 4.69) is 219 Å². The first-order valence-electron chi connectivity index (χ1n) is 18.9. The molecule has 1 nitrogen and oxygen atoms in total. The summed E-state index contributed by atoms with van der Waals surface area (Å²) in [6.07, 6.45) is 0. The van der Waals surface area contributed by atoms with Crippen molar-refractivity contribution >= 4 is 38.6 Å². The van der Waals surface area contributed by atoms with Crippen molar-refractivity contribution in [3.05, 3.63) is 211 Å². The number of rotatable bonds is 6. The highest BCUT2D eigenvalue weighted by Crippen LogP contribution is 2.54. The van der Waals surface area contributed by atoms with Gasteiger partial charge in [-0.3, -0.25) is 0 Å². The van der Waals surface area contributed by atoms with E-state index in [0.717, 1.165) is 17.1 Å². The second-order valence-electron chi connectivity index (χ2n) is 14.9. The number of hydrogen-bond acceptors (Lipinski definition) is 1. The summed E-state index contributed by atoms with van der Waals surface area (Å²) in [5, 5.41) is 4.94. The maximum atomic E-state index is 2.46. The molecule has 0 fully saturated rings. The first kappa shape index (κ1) is 32.0. The first-order chi connectivity index (χ1) is 26.6. The summed E-state index contributed by atoms with van der Waals surface area (Å²) in [5.41, 5.74) is 16.0. The minimum Gasteiger partial charge on any atom is -0.310 e. The third-order valence-electron chi connectivity index (χ3n) is 11.4. The largest absolute Gasteiger partial charge is 0.310 e. The summed E-state index contributed by atoms with van der Waals surface area (Å²) >= 11 is 0. The van der Waals surface area contributed by atoms with Gasteiger partial charge in [-0.15, -0.1) is 0 Å². The molecule has 0 saturated carbocycles. The molecule has 0 spiro atoms. The van der Waals surface area contributed by atoms with Gasteiger partial charge in [0.2, 0.25) is 0 Å². The van der Waals surface area contributed by atoms with Gasteiger partial charge in [0.25, 0.3) is 0 Å². The van der Waals surface area contributed by atoms with E-state index >= 15 is 0 Å². The minimum absolute atomic E-state index is 0.173. The lowest BCUT2D eigenvalue weighted by Gasteiger charge is -2.29. The maximum Gasteiger partial charge on any atom is 0.0540 e. The molecule has 1 aliphatic rings. The number of fused-ring (bicyclic) bond motifs is 5. The van der Waals surface area contributed by atoms with Crippen LogP contribution in [0.15, 0.2) is 200 Å². The Bertz CT molecular complexity index is 2840. The van der Waals surface area contributed by atoms with Crippen LogP contribution in [0.4, 0.5) is 17.1 Å². The van der Waals surface area contributed by atoms with Crippen LogP contribution in [0.1, 0.15) is 25.0 Å². The molecule has 0 aromatic heterocycles. The van der Waals surface area contributed by atoms with Gasteiger partial charge in [-0.2, -0.15) is 0 Å². The Labute approximate surface area is 317 Å². The summed E-state index contributed by atoms with van der Waals surface area (Å²) in [6, 6.07) is 73.4. The van der Waals surface area contributed by atoms with Gasteiger partial charge in [0.1, 0.15) is 0 Å². The van der Waals surface area contributed by atoms with Crippen LogP contribution in [-0.2, 0) is 5.41 Å². The van der Waals surface area contributed by atoms with E-state index in [1.165, 1.54) is 77.2 Å². The predicted octanol–water partition coefficient (Wildman–Crippen LogP) is 14.8. The van der Waals surface area contributed by atoms with Gasteiger partial charge in [-0.25, -0.2) is 0 Å². The average Bonchev–Trinajstić information content (AvgIpc) is 3.47.